The maximum absolute atomic E-state index is 6.09. The lowest BCUT2D eigenvalue weighted by Crippen LogP contribution is -2.11. The Balaban J connectivity index is 2.16. The first-order valence-electron chi connectivity index (χ1n) is 6.52. The predicted molar refractivity (Wildman–Crippen MR) is 74.0 cm³/mol. The summed E-state index contributed by atoms with van der Waals surface area (Å²) >= 11 is 0. The number of rotatable bonds is 5. The second kappa shape index (κ2) is 5.89. The molecule has 2 aromatic rings. The molecule has 0 aliphatic carbocycles. The first kappa shape index (κ1) is 13.6. The number of benzene rings is 1. The molecule has 0 bridgehead atoms. The van der Waals surface area contributed by atoms with Crippen molar-refractivity contribution < 1.29 is 9.26 Å². The third-order valence-electron chi connectivity index (χ3n) is 3.31. The van der Waals surface area contributed by atoms with Gasteiger partial charge in [0, 0.05) is 11.6 Å². The monoisotopic (exact) mass is 260 g/mol. The molecule has 19 heavy (non-hydrogen) atoms. The summed E-state index contributed by atoms with van der Waals surface area (Å²) in [6, 6.07) is 7.89. The Morgan fingerprint density at radius 2 is 2.05 bits per heavy atom. The Labute approximate surface area is 113 Å². The molecule has 1 aromatic heterocycles. The lowest BCUT2D eigenvalue weighted by Gasteiger charge is -2.15. The molecule has 0 saturated carbocycles. The second-order valence-electron chi connectivity index (χ2n) is 4.64. The molecule has 102 valence electrons. The van der Waals surface area contributed by atoms with Gasteiger partial charge >= 0.3 is 0 Å². The molecule has 0 aliphatic heterocycles. The quantitative estimate of drug-likeness (QED) is 0.896. The Bertz CT molecular complexity index is 529. The van der Waals surface area contributed by atoms with E-state index in [1.165, 1.54) is 0 Å². The van der Waals surface area contributed by atoms with Crippen molar-refractivity contribution in [3.8, 4) is 5.75 Å². The molecule has 0 saturated heterocycles. The van der Waals surface area contributed by atoms with E-state index >= 15 is 0 Å². The number of ether oxygens (including phenoxy) is 1. The number of para-hydroxylation sites is 1. The second-order valence-corrected chi connectivity index (χ2v) is 4.64. The topological polar surface area (TPSA) is 61.3 Å². The van der Waals surface area contributed by atoms with Crippen molar-refractivity contribution in [1.29, 1.82) is 0 Å². The predicted octanol–water partition coefficient (Wildman–Crippen LogP) is 3.28. The summed E-state index contributed by atoms with van der Waals surface area (Å²) in [5.74, 6) is 1.63. The molecule has 4 nitrogen and oxygen atoms in total. The first-order valence-corrected chi connectivity index (χ1v) is 6.52. The Morgan fingerprint density at radius 1 is 1.32 bits per heavy atom. The van der Waals surface area contributed by atoms with Crippen LogP contribution in [0.3, 0.4) is 0 Å². The van der Waals surface area contributed by atoms with Gasteiger partial charge in [-0.3, -0.25) is 0 Å². The third kappa shape index (κ3) is 2.96. The minimum absolute atomic E-state index is 0.000804. The highest BCUT2D eigenvalue weighted by Gasteiger charge is 2.13. The van der Waals surface area contributed by atoms with E-state index in [0.717, 1.165) is 34.8 Å². The maximum Gasteiger partial charge on any atom is 0.140 e. The van der Waals surface area contributed by atoms with Gasteiger partial charge in [0.15, 0.2) is 0 Å². The van der Waals surface area contributed by atoms with Crippen molar-refractivity contribution in [2.75, 3.05) is 0 Å². The van der Waals surface area contributed by atoms with Gasteiger partial charge in [-0.05, 0) is 26.3 Å². The van der Waals surface area contributed by atoms with Crippen LogP contribution in [0.5, 0.6) is 5.75 Å². The Morgan fingerprint density at radius 3 is 2.68 bits per heavy atom. The molecule has 0 fully saturated rings. The maximum atomic E-state index is 6.09. The molecule has 4 heteroatoms. The molecule has 0 aliphatic rings. The van der Waals surface area contributed by atoms with Crippen molar-refractivity contribution >= 4 is 0 Å². The van der Waals surface area contributed by atoms with Gasteiger partial charge in [-0.1, -0.05) is 30.3 Å². The normalized spacial score (nSPS) is 12.4. The van der Waals surface area contributed by atoms with Crippen LogP contribution in [-0.2, 0) is 6.61 Å². The van der Waals surface area contributed by atoms with Gasteiger partial charge in [0.2, 0.25) is 0 Å². The van der Waals surface area contributed by atoms with Crippen LogP contribution in [0.15, 0.2) is 28.8 Å². The summed E-state index contributed by atoms with van der Waals surface area (Å²) in [6.45, 7) is 6.33. The molecular formula is C15H20N2O2. The summed E-state index contributed by atoms with van der Waals surface area (Å²) < 4.78 is 11.0. The van der Waals surface area contributed by atoms with E-state index in [0.29, 0.717) is 6.61 Å². The van der Waals surface area contributed by atoms with E-state index in [2.05, 4.69) is 12.1 Å². The van der Waals surface area contributed by atoms with Crippen LogP contribution >= 0.6 is 0 Å². The number of hydrogen-bond acceptors (Lipinski definition) is 4. The smallest absolute Gasteiger partial charge is 0.140 e. The van der Waals surface area contributed by atoms with Crippen LogP contribution in [-0.4, -0.2) is 5.16 Å². The van der Waals surface area contributed by atoms with Crippen LogP contribution in [0.1, 0.15) is 42.0 Å². The summed E-state index contributed by atoms with van der Waals surface area (Å²) in [7, 11) is 0. The molecule has 0 amide bonds. The molecule has 0 spiro atoms. The van der Waals surface area contributed by atoms with Gasteiger partial charge < -0.3 is 15.0 Å². The first-order chi connectivity index (χ1) is 9.13. The summed E-state index contributed by atoms with van der Waals surface area (Å²) in [6.07, 6.45) is 0.881. The SMILES string of the molecule is CC[C@@H](N)c1ccccc1OCc1c(C)noc1C. The summed E-state index contributed by atoms with van der Waals surface area (Å²) in [4.78, 5) is 0. The van der Waals surface area contributed by atoms with Crippen LogP contribution in [0.25, 0.3) is 0 Å². The van der Waals surface area contributed by atoms with Gasteiger partial charge in [0.1, 0.15) is 18.1 Å². The number of nitrogens with two attached hydrogens (primary N) is 1. The molecule has 0 radical (unpaired) electrons. The van der Waals surface area contributed by atoms with E-state index in [1.54, 1.807) is 0 Å². The number of nitrogens with zero attached hydrogens (tertiary/aromatic N) is 1. The zero-order chi connectivity index (χ0) is 13.8. The zero-order valence-electron chi connectivity index (χ0n) is 11.6. The van der Waals surface area contributed by atoms with Crippen molar-refractivity contribution in [1.82, 2.24) is 5.16 Å². The zero-order valence-corrected chi connectivity index (χ0v) is 11.6. The van der Waals surface area contributed by atoms with Gasteiger partial charge in [0.05, 0.1) is 11.3 Å². The standard InChI is InChI=1S/C15H20N2O2/c1-4-14(16)12-7-5-6-8-15(12)18-9-13-10(2)17-19-11(13)3/h5-8,14H,4,9,16H2,1-3H3/t14-/m1/s1. The molecule has 2 rings (SSSR count). The molecule has 1 aromatic carbocycles. The van der Waals surface area contributed by atoms with Crippen LogP contribution in [0.2, 0.25) is 0 Å². The van der Waals surface area contributed by atoms with E-state index < -0.39 is 0 Å². The number of aryl methyl sites for hydroxylation is 2. The Kier molecular flexibility index (Phi) is 4.22. The highest BCUT2D eigenvalue weighted by atomic mass is 16.5. The summed E-state index contributed by atoms with van der Waals surface area (Å²) in [5, 5.41) is 3.92. The number of aromatic nitrogens is 1. The highest BCUT2D eigenvalue weighted by Crippen LogP contribution is 2.26. The molecule has 0 unspecified atom stereocenters. The summed E-state index contributed by atoms with van der Waals surface area (Å²) in [5.41, 5.74) is 9.00. The van der Waals surface area contributed by atoms with E-state index in [9.17, 15) is 0 Å². The van der Waals surface area contributed by atoms with Gasteiger partial charge in [-0.25, -0.2) is 0 Å². The average Bonchev–Trinajstić information content (AvgIpc) is 2.75. The largest absolute Gasteiger partial charge is 0.488 e. The minimum atomic E-state index is 0.000804. The van der Waals surface area contributed by atoms with E-state index in [1.807, 2.05) is 38.1 Å². The molecule has 1 heterocycles. The van der Waals surface area contributed by atoms with E-state index in [-0.39, 0.29) is 6.04 Å². The van der Waals surface area contributed by atoms with Crippen LogP contribution in [0.4, 0.5) is 0 Å². The van der Waals surface area contributed by atoms with Crippen molar-refractivity contribution in [2.45, 2.75) is 39.8 Å². The van der Waals surface area contributed by atoms with Crippen molar-refractivity contribution in [3.63, 3.8) is 0 Å². The van der Waals surface area contributed by atoms with Gasteiger partial charge in [0.25, 0.3) is 0 Å². The van der Waals surface area contributed by atoms with Crippen LogP contribution < -0.4 is 10.5 Å². The molecule has 2 N–H and O–H groups in total. The molecule has 1 atom stereocenters. The van der Waals surface area contributed by atoms with E-state index in [4.69, 9.17) is 15.0 Å². The molecular weight excluding hydrogens is 240 g/mol. The Hall–Kier alpha value is -1.81. The lowest BCUT2D eigenvalue weighted by molar-refractivity contribution is 0.296. The van der Waals surface area contributed by atoms with Gasteiger partial charge in [-0.15, -0.1) is 0 Å². The van der Waals surface area contributed by atoms with Crippen molar-refractivity contribution in [3.05, 3.63) is 46.8 Å². The lowest BCUT2D eigenvalue weighted by atomic mass is 10.0. The highest BCUT2D eigenvalue weighted by molar-refractivity contribution is 5.36. The van der Waals surface area contributed by atoms with Crippen molar-refractivity contribution in [2.24, 2.45) is 5.73 Å². The fourth-order valence-corrected chi connectivity index (χ4v) is 2.00. The number of hydrogen-bond donors (Lipinski definition) is 1. The third-order valence-corrected chi connectivity index (χ3v) is 3.31. The fraction of sp³-hybridized carbons (Fsp3) is 0.400. The minimum Gasteiger partial charge on any atom is -0.488 e. The van der Waals surface area contributed by atoms with Gasteiger partial charge in [-0.2, -0.15) is 0 Å². The van der Waals surface area contributed by atoms with Crippen LogP contribution in [0, 0.1) is 13.8 Å². The average molecular weight is 260 g/mol. The fourth-order valence-electron chi connectivity index (χ4n) is 2.00.